The summed E-state index contributed by atoms with van der Waals surface area (Å²) >= 11 is 0. The summed E-state index contributed by atoms with van der Waals surface area (Å²) in [6, 6.07) is 7.05. The monoisotopic (exact) mass is 459 g/mol. The summed E-state index contributed by atoms with van der Waals surface area (Å²) in [7, 11) is 0. The van der Waals surface area contributed by atoms with Crippen molar-refractivity contribution in [2.75, 3.05) is 0 Å². The molecule has 0 amide bonds. The molecule has 0 saturated heterocycles. The van der Waals surface area contributed by atoms with Crippen molar-refractivity contribution in [3.05, 3.63) is 71.1 Å². The molecule has 0 bridgehead atoms. The summed E-state index contributed by atoms with van der Waals surface area (Å²) in [5.41, 5.74) is 4.58. The van der Waals surface area contributed by atoms with E-state index in [9.17, 15) is 4.79 Å². The third-order valence-corrected chi connectivity index (χ3v) is 8.67. The predicted molar refractivity (Wildman–Crippen MR) is 133 cm³/mol. The largest absolute Gasteiger partial charge is 0.459 e. The van der Waals surface area contributed by atoms with Gasteiger partial charge in [-0.05, 0) is 66.5 Å². The second-order valence-electron chi connectivity index (χ2n) is 11.3. The Labute approximate surface area is 203 Å². The molecule has 0 aliphatic heterocycles. The number of nitrogens with zero attached hydrogens (tertiary/aromatic N) is 3. The van der Waals surface area contributed by atoms with Gasteiger partial charge in [0.25, 0.3) is 0 Å². The van der Waals surface area contributed by atoms with Crippen LogP contribution in [0.3, 0.4) is 0 Å². The smallest absolute Gasteiger partial charge is 0.312 e. The molecule has 0 N–H and O–H groups in total. The summed E-state index contributed by atoms with van der Waals surface area (Å²) in [5.74, 6) is 1.09. The summed E-state index contributed by atoms with van der Waals surface area (Å²) in [6.45, 7) is 9.97. The Morgan fingerprint density at radius 1 is 1.21 bits per heavy atom. The van der Waals surface area contributed by atoms with E-state index in [0.717, 1.165) is 38.6 Å². The molecule has 1 aromatic heterocycles. The van der Waals surface area contributed by atoms with Crippen LogP contribution in [-0.4, -0.2) is 21.0 Å². The maximum absolute atomic E-state index is 13.5. The number of ether oxygens (including phenoxy) is 1. The van der Waals surface area contributed by atoms with Gasteiger partial charge in [0.1, 0.15) is 12.3 Å². The van der Waals surface area contributed by atoms with Crippen LogP contribution in [0.15, 0.2) is 48.7 Å². The molecule has 5 rings (SSSR count). The number of rotatable bonds is 6. The number of esters is 1. The molecule has 1 saturated carbocycles. The van der Waals surface area contributed by atoms with Crippen molar-refractivity contribution in [1.82, 2.24) is 15.0 Å². The first kappa shape index (κ1) is 23.1. The Hall–Kier alpha value is -2.69. The molecule has 1 aromatic carbocycles. The SMILES string of the molecule is CC(C)c1ccc2c(c1)CCC1[C@](C)(C(=O)OCc3cn(CC4C=CC=C4)nn3)CCC[C@]21C. The molecule has 1 heterocycles. The fraction of sp³-hybridized carbons (Fsp3) is 0.552. The van der Waals surface area contributed by atoms with Crippen LogP contribution in [0.1, 0.15) is 81.7 Å². The minimum atomic E-state index is -0.475. The maximum Gasteiger partial charge on any atom is 0.312 e. The van der Waals surface area contributed by atoms with E-state index in [2.05, 4.69) is 80.5 Å². The molecule has 180 valence electrons. The molecule has 1 unspecified atom stereocenters. The Morgan fingerprint density at radius 3 is 2.76 bits per heavy atom. The van der Waals surface area contributed by atoms with Crippen molar-refractivity contribution in [3.63, 3.8) is 0 Å². The first-order valence-corrected chi connectivity index (χ1v) is 12.8. The van der Waals surface area contributed by atoms with Crippen LogP contribution in [0, 0.1) is 17.3 Å². The van der Waals surface area contributed by atoms with Gasteiger partial charge >= 0.3 is 5.97 Å². The third kappa shape index (κ3) is 4.03. The molecule has 1 fully saturated rings. The van der Waals surface area contributed by atoms with Gasteiger partial charge in [-0.15, -0.1) is 5.10 Å². The molecule has 3 aliphatic carbocycles. The molecule has 0 radical (unpaired) electrons. The van der Waals surface area contributed by atoms with Crippen molar-refractivity contribution in [3.8, 4) is 0 Å². The van der Waals surface area contributed by atoms with E-state index in [1.54, 1.807) is 0 Å². The summed E-state index contributed by atoms with van der Waals surface area (Å²) in [5, 5.41) is 8.45. The Bertz CT molecular complexity index is 1120. The highest BCUT2D eigenvalue weighted by Crippen LogP contribution is 2.57. The van der Waals surface area contributed by atoms with Gasteiger partial charge in [0.2, 0.25) is 0 Å². The quantitative estimate of drug-likeness (QED) is 0.505. The van der Waals surface area contributed by atoms with E-state index in [4.69, 9.17) is 4.74 Å². The zero-order valence-corrected chi connectivity index (χ0v) is 21.0. The van der Waals surface area contributed by atoms with Gasteiger partial charge < -0.3 is 4.74 Å². The summed E-state index contributed by atoms with van der Waals surface area (Å²) < 4.78 is 7.73. The summed E-state index contributed by atoms with van der Waals surface area (Å²) in [6.07, 6.45) is 15.4. The van der Waals surface area contributed by atoms with Crippen molar-refractivity contribution in [1.29, 1.82) is 0 Å². The molecule has 3 atom stereocenters. The van der Waals surface area contributed by atoms with Crippen LogP contribution >= 0.6 is 0 Å². The number of fused-ring (bicyclic) bond motifs is 3. The Balaban J connectivity index is 1.30. The van der Waals surface area contributed by atoms with Gasteiger partial charge in [-0.3, -0.25) is 9.48 Å². The van der Waals surface area contributed by atoms with Crippen LogP contribution in [0.4, 0.5) is 0 Å². The van der Waals surface area contributed by atoms with Gasteiger partial charge in [-0.1, -0.05) is 74.9 Å². The predicted octanol–water partition coefficient (Wildman–Crippen LogP) is 5.90. The fourth-order valence-electron chi connectivity index (χ4n) is 6.73. The number of aromatic nitrogens is 3. The standard InChI is InChI=1S/C29H37N3O2/c1-20(2)22-10-12-25-23(16-22)11-13-26-28(25,3)14-7-15-29(26,4)27(33)34-19-24-18-32(31-30-24)17-21-8-5-6-9-21/h5-6,8-10,12,16,18,20-21,26H,7,11,13-15,17,19H2,1-4H3/t26?,28-,29-/m1/s1. The second-order valence-corrected chi connectivity index (χ2v) is 11.3. The topological polar surface area (TPSA) is 57.0 Å². The van der Waals surface area contributed by atoms with E-state index < -0.39 is 5.41 Å². The Kier molecular flexibility index (Phi) is 5.99. The molecule has 5 heteroatoms. The number of aryl methyl sites for hydroxylation is 1. The Morgan fingerprint density at radius 2 is 2.00 bits per heavy atom. The van der Waals surface area contributed by atoms with Crippen LogP contribution in [0.2, 0.25) is 0 Å². The molecule has 34 heavy (non-hydrogen) atoms. The molecular formula is C29H37N3O2. The molecular weight excluding hydrogens is 422 g/mol. The third-order valence-electron chi connectivity index (χ3n) is 8.67. The van der Waals surface area contributed by atoms with Crippen LogP contribution < -0.4 is 0 Å². The first-order chi connectivity index (χ1) is 16.3. The molecule has 2 aromatic rings. The molecule has 3 aliphatic rings. The number of carbonyl (C=O) groups is 1. The van der Waals surface area contributed by atoms with Gasteiger partial charge in [0, 0.05) is 5.92 Å². The van der Waals surface area contributed by atoms with Gasteiger partial charge in [0.15, 0.2) is 0 Å². The lowest BCUT2D eigenvalue weighted by Crippen LogP contribution is -2.52. The number of allylic oxidation sites excluding steroid dienone is 4. The molecule has 0 spiro atoms. The highest BCUT2D eigenvalue weighted by molar-refractivity contribution is 5.77. The number of benzene rings is 1. The lowest BCUT2D eigenvalue weighted by Gasteiger charge is -2.54. The zero-order chi connectivity index (χ0) is 23.9. The first-order valence-electron chi connectivity index (χ1n) is 12.8. The number of hydrogen-bond donors (Lipinski definition) is 0. The average molecular weight is 460 g/mol. The van der Waals surface area contributed by atoms with Crippen molar-refractivity contribution in [2.24, 2.45) is 17.3 Å². The van der Waals surface area contributed by atoms with Gasteiger partial charge in [0.05, 0.1) is 18.2 Å². The highest BCUT2D eigenvalue weighted by atomic mass is 16.5. The molecule has 5 nitrogen and oxygen atoms in total. The van der Waals surface area contributed by atoms with Crippen LogP contribution in [0.5, 0.6) is 0 Å². The highest BCUT2D eigenvalue weighted by Gasteiger charge is 2.55. The van der Waals surface area contributed by atoms with Crippen molar-refractivity contribution < 1.29 is 9.53 Å². The minimum absolute atomic E-state index is 0.0144. The minimum Gasteiger partial charge on any atom is -0.459 e. The van der Waals surface area contributed by atoms with E-state index in [0.29, 0.717) is 17.5 Å². The van der Waals surface area contributed by atoms with Gasteiger partial charge in [-0.25, -0.2) is 0 Å². The van der Waals surface area contributed by atoms with Crippen molar-refractivity contribution in [2.45, 2.75) is 84.3 Å². The van der Waals surface area contributed by atoms with Gasteiger partial charge in [-0.2, -0.15) is 0 Å². The van der Waals surface area contributed by atoms with E-state index in [-0.39, 0.29) is 23.9 Å². The number of hydrogen-bond acceptors (Lipinski definition) is 4. The second kappa shape index (κ2) is 8.83. The zero-order valence-electron chi connectivity index (χ0n) is 21.0. The normalized spacial score (nSPS) is 28.2. The van der Waals surface area contributed by atoms with Crippen molar-refractivity contribution >= 4 is 5.97 Å². The van der Waals surface area contributed by atoms with E-state index in [1.807, 2.05) is 10.9 Å². The maximum atomic E-state index is 13.5. The van der Waals surface area contributed by atoms with Crippen LogP contribution in [-0.2, 0) is 34.5 Å². The van der Waals surface area contributed by atoms with Crippen LogP contribution in [0.25, 0.3) is 0 Å². The average Bonchev–Trinajstić information content (AvgIpc) is 3.49. The lowest BCUT2D eigenvalue weighted by molar-refractivity contribution is -0.166. The van der Waals surface area contributed by atoms with E-state index in [1.165, 1.54) is 16.7 Å². The summed E-state index contributed by atoms with van der Waals surface area (Å²) in [4.78, 5) is 13.5. The van der Waals surface area contributed by atoms with E-state index >= 15 is 0 Å². The number of carbonyl (C=O) groups excluding carboxylic acids is 1. The lowest BCUT2D eigenvalue weighted by atomic mass is 9.49. The fourth-order valence-corrected chi connectivity index (χ4v) is 6.73.